The van der Waals surface area contributed by atoms with E-state index in [0.29, 0.717) is 56.7 Å². The molecule has 3 rings (SSSR count). The van der Waals surface area contributed by atoms with Crippen LogP contribution in [-0.2, 0) is 0 Å². The molecule has 3 aromatic rings. The summed E-state index contributed by atoms with van der Waals surface area (Å²) in [5, 5.41) is 0. The molecule has 9 heteroatoms. The van der Waals surface area contributed by atoms with Crippen LogP contribution in [0.1, 0.15) is 11.1 Å². The second-order valence-corrected chi connectivity index (χ2v) is 7.27. The van der Waals surface area contributed by atoms with Gasteiger partial charge in [0, 0.05) is 53.3 Å². The predicted molar refractivity (Wildman–Crippen MR) is 130 cm³/mol. The maximum absolute atomic E-state index is 7.02. The molecule has 156 valence electrons. The highest BCUT2D eigenvalue weighted by molar-refractivity contribution is 5.88. The van der Waals surface area contributed by atoms with Crippen molar-refractivity contribution in [3.63, 3.8) is 0 Å². The largest absolute Gasteiger partial charge is 0.398 e. The quantitative estimate of drug-likeness (QED) is 0.139. The SMILES string of the molecule is C=Cc1c(N)cc([N+](N)(c2cc(C)c(N)c(N)c2)c2cc(N)c(N)c(N)c2)cc1N. The van der Waals surface area contributed by atoms with Crippen molar-refractivity contribution in [3.8, 4) is 0 Å². The van der Waals surface area contributed by atoms with Crippen molar-refractivity contribution >= 4 is 62.9 Å². The number of nitrogen functional groups attached to an aromatic ring is 7. The Balaban J connectivity index is 2.43. The van der Waals surface area contributed by atoms with E-state index in [0.717, 1.165) is 5.56 Å². The summed E-state index contributed by atoms with van der Waals surface area (Å²) in [5.74, 6) is 7.02. The van der Waals surface area contributed by atoms with Crippen LogP contribution in [0.15, 0.2) is 43.0 Å². The molecule has 0 aliphatic rings. The molecule has 1 atom stereocenters. The van der Waals surface area contributed by atoms with Crippen LogP contribution < -0.4 is 50.6 Å². The van der Waals surface area contributed by atoms with E-state index in [2.05, 4.69) is 6.58 Å². The number of hydrogen-bond donors (Lipinski definition) is 8. The number of nitrogens with zero attached hydrogens (tertiary/aromatic N) is 1. The minimum Gasteiger partial charge on any atom is -0.398 e. The van der Waals surface area contributed by atoms with Gasteiger partial charge in [-0.1, -0.05) is 12.7 Å². The molecule has 3 aromatic carbocycles. The second kappa shape index (κ2) is 7.07. The Hall–Kier alpha value is -4.08. The van der Waals surface area contributed by atoms with E-state index >= 15 is 0 Å². The minimum absolute atomic E-state index is 0.277. The maximum atomic E-state index is 7.02. The summed E-state index contributed by atoms with van der Waals surface area (Å²) in [4.78, 5) is 0. The first kappa shape index (κ1) is 20.6. The molecule has 9 nitrogen and oxygen atoms in total. The van der Waals surface area contributed by atoms with Crippen molar-refractivity contribution in [2.75, 3.05) is 40.1 Å². The summed E-state index contributed by atoms with van der Waals surface area (Å²) in [6, 6.07) is 10.3. The summed E-state index contributed by atoms with van der Waals surface area (Å²) in [6.45, 7) is 5.59. The number of anilines is 7. The fourth-order valence-electron chi connectivity index (χ4n) is 3.46. The van der Waals surface area contributed by atoms with Gasteiger partial charge >= 0.3 is 0 Å². The summed E-state index contributed by atoms with van der Waals surface area (Å²) in [7, 11) is 0. The number of rotatable bonds is 4. The van der Waals surface area contributed by atoms with Crippen molar-refractivity contribution in [1.29, 1.82) is 0 Å². The molecule has 0 amide bonds. The molecule has 0 radical (unpaired) electrons. The monoisotopic (exact) mass is 406 g/mol. The molecule has 0 heterocycles. The summed E-state index contributed by atoms with van der Waals surface area (Å²) >= 11 is 0. The van der Waals surface area contributed by atoms with Crippen molar-refractivity contribution < 1.29 is 0 Å². The molecule has 0 spiro atoms. The van der Waals surface area contributed by atoms with Crippen LogP contribution in [0.5, 0.6) is 0 Å². The number of hydrogen-bond acceptors (Lipinski definition) is 8. The summed E-state index contributed by atoms with van der Waals surface area (Å²) in [6.07, 6.45) is 1.59. The zero-order valence-corrected chi connectivity index (χ0v) is 16.8. The van der Waals surface area contributed by atoms with Gasteiger partial charge < -0.3 is 40.1 Å². The molecular weight excluding hydrogens is 378 g/mol. The lowest BCUT2D eigenvalue weighted by atomic mass is 10.0. The van der Waals surface area contributed by atoms with Gasteiger partial charge in [-0.15, -0.1) is 0 Å². The van der Waals surface area contributed by atoms with Crippen LogP contribution >= 0.6 is 0 Å². The Morgan fingerprint density at radius 3 is 1.40 bits per heavy atom. The lowest BCUT2D eigenvalue weighted by molar-refractivity contribution is 0.549. The van der Waals surface area contributed by atoms with E-state index < -0.39 is 0 Å². The minimum atomic E-state index is -0.369. The Kier molecular flexibility index (Phi) is 4.86. The molecule has 0 aliphatic carbocycles. The van der Waals surface area contributed by atoms with Gasteiger partial charge in [0.05, 0.1) is 28.4 Å². The van der Waals surface area contributed by atoms with Gasteiger partial charge in [-0.2, -0.15) is 10.4 Å². The molecule has 0 saturated heterocycles. The fraction of sp³-hybridized carbons (Fsp3) is 0.0476. The van der Waals surface area contributed by atoms with Crippen LogP contribution in [0.3, 0.4) is 0 Å². The highest BCUT2D eigenvalue weighted by Gasteiger charge is 2.36. The number of aryl methyl sites for hydroxylation is 1. The van der Waals surface area contributed by atoms with E-state index in [1.165, 1.54) is 0 Å². The van der Waals surface area contributed by atoms with Crippen LogP contribution in [0.25, 0.3) is 6.08 Å². The average Bonchev–Trinajstić information content (AvgIpc) is 2.68. The Labute approximate surface area is 175 Å². The first-order chi connectivity index (χ1) is 14.0. The first-order valence-electron chi connectivity index (χ1n) is 9.11. The lowest BCUT2D eigenvalue weighted by Crippen LogP contribution is -2.46. The topological polar surface area (TPSA) is 208 Å². The normalized spacial score (nSPS) is 13.0. The third kappa shape index (κ3) is 3.08. The molecule has 30 heavy (non-hydrogen) atoms. The van der Waals surface area contributed by atoms with Gasteiger partial charge in [0.2, 0.25) is 0 Å². The van der Waals surface area contributed by atoms with Gasteiger partial charge in [0.1, 0.15) is 0 Å². The van der Waals surface area contributed by atoms with Gasteiger partial charge in [0.15, 0.2) is 17.1 Å². The van der Waals surface area contributed by atoms with Crippen LogP contribution in [0.2, 0.25) is 0 Å². The van der Waals surface area contributed by atoms with Crippen LogP contribution in [-0.4, -0.2) is 0 Å². The smallest absolute Gasteiger partial charge is 0.166 e. The highest BCUT2D eigenvalue weighted by Crippen LogP contribution is 2.46. The maximum Gasteiger partial charge on any atom is 0.166 e. The van der Waals surface area contributed by atoms with Crippen molar-refractivity contribution in [3.05, 3.63) is 54.1 Å². The molecule has 0 bridgehead atoms. The highest BCUT2D eigenvalue weighted by atomic mass is 15.6. The molecule has 0 aromatic heterocycles. The third-order valence-electron chi connectivity index (χ3n) is 5.29. The van der Waals surface area contributed by atoms with Crippen LogP contribution in [0, 0.1) is 6.92 Å². The zero-order valence-electron chi connectivity index (χ0n) is 16.8. The molecule has 0 saturated carbocycles. The van der Waals surface area contributed by atoms with E-state index in [4.69, 9.17) is 46.0 Å². The third-order valence-corrected chi connectivity index (χ3v) is 5.29. The van der Waals surface area contributed by atoms with Crippen LogP contribution in [0.4, 0.5) is 56.9 Å². The van der Waals surface area contributed by atoms with Crippen molar-refractivity contribution in [2.24, 2.45) is 5.84 Å². The lowest BCUT2D eigenvalue weighted by Gasteiger charge is -2.33. The fourth-order valence-corrected chi connectivity index (χ4v) is 3.46. The predicted octanol–water partition coefficient (Wildman–Crippen LogP) is 2.56. The van der Waals surface area contributed by atoms with E-state index in [1.54, 1.807) is 36.4 Å². The van der Waals surface area contributed by atoms with Crippen molar-refractivity contribution in [2.45, 2.75) is 6.92 Å². The second-order valence-electron chi connectivity index (χ2n) is 7.27. The van der Waals surface area contributed by atoms with E-state index in [9.17, 15) is 0 Å². The molecule has 1 unspecified atom stereocenters. The molecule has 16 N–H and O–H groups in total. The number of nitrogens with two attached hydrogens (primary N) is 8. The Morgan fingerprint density at radius 2 is 1.00 bits per heavy atom. The number of benzene rings is 3. The van der Waals surface area contributed by atoms with Gasteiger partial charge in [-0.25, -0.2) is 0 Å². The van der Waals surface area contributed by atoms with Crippen molar-refractivity contribution in [1.82, 2.24) is 4.59 Å². The van der Waals surface area contributed by atoms with E-state index in [-0.39, 0.29) is 10.3 Å². The van der Waals surface area contributed by atoms with Gasteiger partial charge in [-0.3, -0.25) is 0 Å². The molecular formula is C21H28N9+. The summed E-state index contributed by atoms with van der Waals surface area (Å²) in [5.41, 5.74) is 48.4. The average molecular weight is 407 g/mol. The molecule has 0 aliphatic heterocycles. The van der Waals surface area contributed by atoms with Gasteiger partial charge in [0.25, 0.3) is 0 Å². The first-order valence-corrected chi connectivity index (χ1v) is 9.11. The Bertz CT molecular complexity index is 1040. The molecule has 0 fully saturated rings. The Morgan fingerprint density at radius 1 is 0.633 bits per heavy atom. The number of quaternary nitrogens is 1. The van der Waals surface area contributed by atoms with E-state index in [1.807, 2.05) is 13.0 Å². The zero-order chi connectivity index (χ0) is 22.4. The van der Waals surface area contributed by atoms with Gasteiger partial charge in [-0.05, 0) is 12.5 Å². The standard InChI is InChI=1S/C21H28N9/c1-3-14-15(22)5-12(6-16(14)23)30(29,11-4-10(2)20(27)17(24)7-11)13-8-18(25)21(28)19(26)9-13/h3-9H,1,22-29H2,2H3/q+1. The summed E-state index contributed by atoms with van der Waals surface area (Å²) < 4.78 is -0.369.